The van der Waals surface area contributed by atoms with Crippen molar-refractivity contribution in [2.75, 3.05) is 39.4 Å². The van der Waals surface area contributed by atoms with Gasteiger partial charge in [-0.1, -0.05) is 0 Å². The molecule has 2 heterocycles. The SMILES string of the molecule is Cl.O=C(c1ccc(S(=O)(=O)NC2CCOCC2)cc1)N1CCNCC1. The van der Waals surface area contributed by atoms with Gasteiger partial charge in [0.2, 0.25) is 10.0 Å². The first kappa shape index (κ1) is 20.1. The fraction of sp³-hybridized carbons (Fsp3) is 0.562. The third kappa shape index (κ3) is 5.15. The highest BCUT2D eigenvalue weighted by molar-refractivity contribution is 7.89. The summed E-state index contributed by atoms with van der Waals surface area (Å²) in [6, 6.07) is 6.07. The molecule has 1 aromatic rings. The van der Waals surface area contributed by atoms with Crippen molar-refractivity contribution in [3.63, 3.8) is 0 Å². The zero-order valence-electron chi connectivity index (χ0n) is 13.9. The quantitative estimate of drug-likeness (QED) is 0.787. The van der Waals surface area contributed by atoms with E-state index in [4.69, 9.17) is 4.74 Å². The number of carbonyl (C=O) groups excluding carboxylic acids is 1. The van der Waals surface area contributed by atoms with E-state index in [9.17, 15) is 13.2 Å². The molecule has 2 aliphatic heterocycles. The van der Waals surface area contributed by atoms with Crippen molar-refractivity contribution in [1.82, 2.24) is 14.9 Å². The first-order valence-corrected chi connectivity index (χ1v) is 9.75. The number of benzene rings is 1. The van der Waals surface area contributed by atoms with Gasteiger partial charge in [-0.05, 0) is 37.1 Å². The van der Waals surface area contributed by atoms with Gasteiger partial charge in [0.15, 0.2) is 0 Å². The maximum absolute atomic E-state index is 12.4. The number of nitrogens with one attached hydrogen (secondary N) is 2. The van der Waals surface area contributed by atoms with Crippen molar-refractivity contribution in [3.05, 3.63) is 29.8 Å². The molecule has 0 atom stereocenters. The second-order valence-corrected chi connectivity index (χ2v) is 7.79. The van der Waals surface area contributed by atoms with Crippen LogP contribution in [0.1, 0.15) is 23.2 Å². The summed E-state index contributed by atoms with van der Waals surface area (Å²) in [5.41, 5.74) is 0.516. The van der Waals surface area contributed by atoms with Crippen LogP contribution in [0.4, 0.5) is 0 Å². The molecule has 3 rings (SSSR count). The van der Waals surface area contributed by atoms with Crippen molar-refractivity contribution >= 4 is 28.3 Å². The lowest BCUT2D eigenvalue weighted by Gasteiger charge is -2.27. The molecule has 1 amide bonds. The highest BCUT2D eigenvalue weighted by Gasteiger charge is 2.23. The van der Waals surface area contributed by atoms with Crippen LogP contribution in [0.3, 0.4) is 0 Å². The minimum absolute atomic E-state index is 0. The Morgan fingerprint density at radius 1 is 1.12 bits per heavy atom. The Morgan fingerprint density at radius 3 is 2.32 bits per heavy atom. The summed E-state index contributed by atoms with van der Waals surface area (Å²) in [6.07, 6.45) is 1.36. The molecule has 140 valence electrons. The normalized spacial score (nSPS) is 19.3. The van der Waals surface area contributed by atoms with Gasteiger partial charge < -0.3 is 15.0 Å². The molecule has 0 radical (unpaired) electrons. The Balaban J connectivity index is 0.00000225. The van der Waals surface area contributed by atoms with Crippen molar-refractivity contribution < 1.29 is 17.9 Å². The Kier molecular flexibility index (Phi) is 7.21. The van der Waals surface area contributed by atoms with E-state index in [0.29, 0.717) is 44.7 Å². The van der Waals surface area contributed by atoms with Crippen LogP contribution in [-0.4, -0.2) is 64.7 Å². The predicted octanol–water partition coefficient (Wildman–Crippen LogP) is 0.611. The summed E-state index contributed by atoms with van der Waals surface area (Å²) in [6.45, 7) is 4.06. The average molecular weight is 390 g/mol. The largest absolute Gasteiger partial charge is 0.381 e. The molecule has 1 aromatic carbocycles. The summed E-state index contributed by atoms with van der Waals surface area (Å²) in [5.74, 6) is -0.0576. The van der Waals surface area contributed by atoms with Crippen LogP contribution in [0, 0.1) is 0 Å². The summed E-state index contributed by atoms with van der Waals surface area (Å²) in [4.78, 5) is 14.4. The van der Waals surface area contributed by atoms with Crippen LogP contribution in [0.25, 0.3) is 0 Å². The number of hydrogen-bond donors (Lipinski definition) is 2. The van der Waals surface area contributed by atoms with Crippen molar-refractivity contribution in [2.45, 2.75) is 23.8 Å². The van der Waals surface area contributed by atoms with Gasteiger partial charge in [0, 0.05) is 51.0 Å². The fourth-order valence-corrected chi connectivity index (χ4v) is 4.24. The Morgan fingerprint density at radius 2 is 1.72 bits per heavy atom. The van der Waals surface area contributed by atoms with E-state index < -0.39 is 10.0 Å². The highest BCUT2D eigenvalue weighted by Crippen LogP contribution is 2.15. The third-order valence-corrected chi connectivity index (χ3v) is 5.90. The predicted molar refractivity (Wildman–Crippen MR) is 96.6 cm³/mol. The van der Waals surface area contributed by atoms with Crippen LogP contribution in [0.15, 0.2) is 29.2 Å². The fourth-order valence-electron chi connectivity index (χ4n) is 2.93. The van der Waals surface area contributed by atoms with E-state index >= 15 is 0 Å². The number of sulfonamides is 1. The molecular formula is C16H24ClN3O4S. The molecule has 25 heavy (non-hydrogen) atoms. The first-order valence-electron chi connectivity index (χ1n) is 8.26. The maximum atomic E-state index is 12.4. The molecule has 9 heteroatoms. The van der Waals surface area contributed by atoms with E-state index in [1.165, 1.54) is 12.1 Å². The van der Waals surface area contributed by atoms with Crippen LogP contribution in [0.5, 0.6) is 0 Å². The number of rotatable bonds is 4. The standard InChI is InChI=1S/C16H23N3O4S.ClH/c20-16(19-9-7-17-8-10-19)13-1-3-15(4-2-13)24(21,22)18-14-5-11-23-12-6-14;/h1-4,14,17-18H,5-12H2;1H. The second-order valence-electron chi connectivity index (χ2n) is 6.07. The summed E-state index contributed by atoms with van der Waals surface area (Å²) in [7, 11) is -3.57. The van der Waals surface area contributed by atoms with Gasteiger partial charge in [-0.15, -0.1) is 12.4 Å². The van der Waals surface area contributed by atoms with E-state index in [-0.39, 0.29) is 29.3 Å². The van der Waals surface area contributed by atoms with Crippen molar-refractivity contribution in [2.24, 2.45) is 0 Å². The van der Waals surface area contributed by atoms with Gasteiger partial charge in [0.05, 0.1) is 4.90 Å². The Bertz CT molecular complexity index is 669. The van der Waals surface area contributed by atoms with Gasteiger partial charge in [0.1, 0.15) is 0 Å². The van der Waals surface area contributed by atoms with E-state index in [1.807, 2.05) is 0 Å². The smallest absolute Gasteiger partial charge is 0.253 e. The summed E-state index contributed by atoms with van der Waals surface area (Å²) in [5, 5.41) is 3.20. The van der Waals surface area contributed by atoms with Gasteiger partial charge in [-0.3, -0.25) is 4.79 Å². The molecule has 0 spiro atoms. The van der Waals surface area contributed by atoms with Crippen LogP contribution in [-0.2, 0) is 14.8 Å². The number of carbonyl (C=O) groups is 1. The molecule has 2 aliphatic rings. The number of piperazine rings is 1. The second kappa shape index (κ2) is 8.95. The summed E-state index contributed by atoms with van der Waals surface area (Å²) < 4.78 is 32.8. The third-order valence-electron chi connectivity index (χ3n) is 4.36. The van der Waals surface area contributed by atoms with Crippen LogP contribution < -0.4 is 10.0 Å². The minimum Gasteiger partial charge on any atom is -0.381 e. The van der Waals surface area contributed by atoms with Gasteiger partial charge >= 0.3 is 0 Å². The minimum atomic E-state index is -3.57. The number of ether oxygens (including phenoxy) is 1. The van der Waals surface area contributed by atoms with Gasteiger partial charge in [-0.25, -0.2) is 13.1 Å². The molecule has 0 aliphatic carbocycles. The van der Waals surface area contributed by atoms with Crippen LogP contribution >= 0.6 is 12.4 Å². The topological polar surface area (TPSA) is 87.7 Å². The molecule has 2 N–H and O–H groups in total. The number of hydrogen-bond acceptors (Lipinski definition) is 5. The van der Waals surface area contributed by atoms with Crippen molar-refractivity contribution in [3.8, 4) is 0 Å². The summed E-state index contributed by atoms with van der Waals surface area (Å²) >= 11 is 0. The molecule has 0 unspecified atom stereocenters. The van der Waals surface area contributed by atoms with Gasteiger partial charge in [0.25, 0.3) is 5.91 Å². The lowest BCUT2D eigenvalue weighted by molar-refractivity contribution is 0.0735. The molecule has 0 saturated carbocycles. The number of nitrogens with zero attached hydrogens (tertiary/aromatic N) is 1. The molecular weight excluding hydrogens is 366 g/mol. The molecule has 0 aromatic heterocycles. The number of amides is 1. The first-order chi connectivity index (χ1) is 11.6. The van der Waals surface area contributed by atoms with E-state index in [1.54, 1.807) is 17.0 Å². The molecule has 2 saturated heterocycles. The van der Waals surface area contributed by atoms with Crippen LogP contribution in [0.2, 0.25) is 0 Å². The molecule has 2 fully saturated rings. The lowest BCUT2D eigenvalue weighted by atomic mass is 10.1. The molecule has 7 nitrogen and oxygen atoms in total. The average Bonchev–Trinajstić information content (AvgIpc) is 2.62. The lowest BCUT2D eigenvalue weighted by Crippen LogP contribution is -2.46. The van der Waals surface area contributed by atoms with E-state index in [0.717, 1.165) is 13.1 Å². The zero-order chi connectivity index (χ0) is 17.0. The monoisotopic (exact) mass is 389 g/mol. The maximum Gasteiger partial charge on any atom is 0.253 e. The van der Waals surface area contributed by atoms with Crippen molar-refractivity contribution in [1.29, 1.82) is 0 Å². The highest BCUT2D eigenvalue weighted by atomic mass is 35.5. The Labute approximate surface area is 154 Å². The zero-order valence-corrected chi connectivity index (χ0v) is 15.6. The van der Waals surface area contributed by atoms with Gasteiger partial charge in [-0.2, -0.15) is 0 Å². The van der Waals surface area contributed by atoms with E-state index in [2.05, 4.69) is 10.0 Å². The number of halogens is 1. The Hall–Kier alpha value is -1.19. The molecule has 0 bridgehead atoms.